The minimum atomic E-state index is -0.752. The van der Waals surface area contributed by atoms with Crippen molar-refractivity contribution in [3.63, 3.8) is 0 Å². The molecule has 1 saturated heterocycles. The van der Waals surface area contributed by atoms with Gasteiger partial charge in [0, 0.05) is 14.2 Å². The third-order valence-electron chi connectivity index (χ3n) is 4.20. The number of amidine groups is 1. The Hall–Kier alpha value is -2.75. The smallest absolute Gasteiger partial charge is 0.417 e. The number of fused-ring (bicyclic) bond motifs is 1. The van der Waals surface area contributed by atoms with Crippen molar-refractivity contribution in [3.8, 4) is 0 Å². The molecule has 27 heavy (non-hydrogen) atoms. The lowest BCUT2D eigenvalue weighted by molar-refractivity contribution is -0.476. The maximum atomic E-state index is 12.6. The van der Waals surface area contributed by atoms with Crippen molar-refractivity contribution < 1.29 is 33.2 Å². The molecular formula is C17H25N4O6+. The average Bonchev–Trinajstić information content (AvgIpc) is 3.00. The number of imide groups is 1. The number of hydrogen-bond donors (Lipinski definition) is 1. The van der Waals surface area contributed by atoms with E-state index >= 15 is 0 Å². The minimum Gasteiger partial charge on any atom is -0.462 e. The normalized spacial score (nSPS) is 19.5. The van der Waals surface area contributed by atoms with Crippen LogP contribution in [0.15, 0.2) is 11.8 Å². The number of amides is 4. The zero-order valence-electron chi connectivity index (χ0n) is 16.1. The topological polar surface area (TPSA) is 108 Å². The van der Waals surface area contributed by atoms with E-state index in [1.54, 1.807) is 25.5 Å². The molecule has 0 aromatic rings. The summed E-state index contributed by atoms with van der Waals surface area (Å²) in [5.41, 5.74) is 0.188. The standard InChI is InChI=1S/C17H24N4O6/c1-10(2)27-13(22)9-18-14(23)12-8-11-15(21(12)6-7-26-5)19(3)17(25)20(4)16(11)24/h8,10-11H,6-7,9H2,1-5H3/p+1. The third-order valence-corrected chi connectivity index (χ3v) is 4.20. The fourth-order valence-electron chi connectivity index (χ4n) is 2.97. The number of methoxy groups -OCH3 is 1. The summed E-state index contributed by atoms with van der Waals surface area (Å²) in [6.07, 6.45) is 1.21. The Morgan fingerprint density at radius 2 is 1.93 bits per heavy atom. The molecule has 4 amide bonds. The molecule has 0 saturated carbocycles. The number of ether oxygens (including phenoxy) is 2. The van der Waals surface area contributed by atoms with Crippen molar-refractivity contribution in [3.05, 3.63) is 11.8 Å². The average molecular weight is 381 g/mol. The van der Waals surface area contributed by atoms with Crippen LogP contribution >= 0.6 is 0 Å². The van der Waals surface area contributed by atoms with E-state index in [1.807, 2.05) is 0 Å². The van der Waals surface area contributed by atoms with E-state index in [9.17, 15) is 19.2 Å². The van der Waals surface area contributed by atoms with Gasteiger partial charge in [-0.25, -0.2) is 14.3 Å². The molecule has 2 heterocycles. The van der Waals surface area contributed by atoms with E-state index < -0.39 is 29.7 Å². The van der Waals surface area contributed by atoms with Gasteiger partial charge in [-0.15, -0.1) is 0 Å². The van der Waals surface area contributed by atoms with Crippen molar-refractivity contribution in [2.45, 2.75) is 20.0 Å². The number of esters is 1. The van der Waals surface area contributed by atoms with Gasteiger partial charge in [0.05, 0.1) is 19.8 Å². The summed E-state index contributed by atoms with van der Waals surface area (Å²) in [5, 5.41) is 2.49. The second-order valence-corrected chi connectivity index (χ2v) is 6.49. The van der Waals surface area contributed by atoms with E-state index in [-0.39, 0.29) is 31.5 Å². The van der Waals surface area contributed by atoms with E-state index in [1.165, 1.54) is 25.1 Å². The fourth-order valence-corrected chi connectivity index (χ4v) is 2.97. The minimum absolute atomic E-state index is 0.188. The molecule has 10 nitrogen and oxygen atoms in total. The molecule has 0 aromatic heterocycles. The van der Waals surface area contributed by atoms with Crippen LogP contribution in [-0.2, 0) is 23.9 Å². The first kappa shape index (κ1) is 20.6. The summed E-state index contributed by atoms with van der Waals surface area (Å²) in [7, 11) is 4.45. The SMILES string of the molecule is COCC[N+]1=C2C(C=C1C(=O)NCC(=O)OC(C)C)C(=O)N(C)C(=O)N2C. The molecule has 2 aliphatic heterocycles. The Labute approximate surface area is 157 Å². The number of carbonyl (C=O) groups is 4. The fraction of sp³-hybridized carbons (Fsp3) is 0.588. The first-order valence-corrected chi connectivity index (χ1v) is 8.57. The molecule has 2 aliphatic rings. The van der Waals surface area contributed by atoms with Gasteiger partial charge in [-0.05, 0) is 19.9 Å². The molecule has 0 aromatic carbocycles. The lowest BCUT2D eigenvalue weighted by Gasteiger charge is -2.27. The van der Waals surface area contributed by atoms with Gasteiger partial charge >= 0.3 is 12.0 Å². The molecule has 148 valence electrons. The molecular weight excluding hydrogens is 356 g/mol. The monoisotopic (exact) mass is 381 g/mol. The van der Waals surface area contributed by atoms with Crippen molar-refractivity contribution in [2.24, 2.45) is 5.92 Å². The maximum Gasteiger partial charge on any atom is 0.417 e. The predicted molar refractivity (Wildman–Crippen MR) is 93.8 cm³/mol. The van der Waals surface area contributed by atoms with Crippen LogP contribution in [0.3, 0.4) is 0 Å². The predicted octanol–water partition coefficient (Wildman–Crippen LogP) is -0.851. The molecule has 10 heteroatoms. The highest BCUT2D eigenvalue weighted by Crippen LogP contribution is 2.25. The number of rotatable bonds is 7. The van der Waals surface area contributed by atoms with E-state index in [0.717, 1.165) is 4.90 Å². The molecule has 0 bridgehead atoms. The Morgan fingerprint density at radius 3 is 2.52 bits per heavy atom. The van der Waals surface area contributed by atoms with Crippen LogP contribution in [0, 0.1) is 5.92 Å². The molecule has 1 unspecified atom stereocenters. The van der Waals surface area contributed by atoms with Gasteiger partial charge < -0.3 is 14.8 Å². The largest absolute Gasteiger partial charge is 0.462 e. The molecule has 0 aliphatic carbocycles. The Balaban J connectivity index is 2.27. The van der Waals surface area contributed by atoms with Gasteiger partial charge in [-0.3, -0.25) is 14.4 Å². The highest BCUT2D eigenvalue weighted by molar-refractivity contribution is 6.19. The first-order valence-electron chi connectivity index (χ1n) is 8.57. The molecule has 2 rings (SSSR count). The lowest BCUT2D eigenvalue weighted by atomic mass is 10.0. The van der Waals surface area contributed by atoms with Crippen LogP contribution in [-0.4, -0.2) is 91.0 Å². The zero-order chi connectivity index (χ0) is 20.3. The number of hydrogen-bond acceptors (Lipinski definition) is 6. The summed E-state index contributed by atoms with van der Waals surface area (Å²) in [6, 6.07) is -0.482. The Kier molecular flexibility index (Phi) is 6.32. The summed E-state index contributed by atoms with van der Waals surface area (Å²) >= 11 is 0. The maximum absolute atomic E-state index is 12.6. The molecule has 1 atom stereocenters. The Bertz CT molecular complexity index is 727. The molecule has 0 spiro atoms. The van der Waals surface area contributed by atoms with Crippen molar-refractivity contribution >= 4 is 29.7 Å². The number of nitrogens with zero attached hydrogens (tertiary/aromatic N) is 3. The first-order chi connectivity index (χ1) is 12.7. The summed E-state index contributed by atoms with van der Waals surface area (Å²) in [6.45, 7) is 3.67. The third kappa shape index (κ3) is 4.16. The van der Waals surface area contributed by atoms with Crippen molar-refractivity contribution in [1.82, 2.24) is 15.1 Å². The van der Waals surface area contributed by atoms with Crippen LogP contribution in [0.1, 0.15) is 13.8 Å². The van der Waals surface area contributed by atoms with E-state index in [4.69, 9.17) is 9.47 Å². The quantitative estimate of drug-likeness (QED) is 0.455. The van der Waals surface area contributed by atoms with E-state index in [0.29, 0.717) is 5.84 Å². The number of urea groups is 1. The van der Waals surface area contributed by atoms with Gasteiger partial charge in [0.15, 0.2) is 11.6 Å². The van der Waals surface area contributed by atoms with Crippen molar-refractivity contribution in [2.75, 3.05) is 40.9 Å². The summed E-state index contributed by atoms with van der Waals surface area (Å²) in [4.78, 5) is 51.4. The van der Waals surface area contributed by atoms with Crippen LogP contribution in [0.25, 0.3) is 0 Å². The zero-order valence-corrected chi connectivity index (χ0v) is 16.1. The number of carbonyl (C=O) groups excluding carboxylic acids is 4. The lowest BCUT2D eigenvalue weighted by Crippen LogP contribution is -2.57. The summed E-state index contributed by atoms with van der Waals surface area (Å²) < 4.78 is 11.6. The van der Waals surface area contributed by atoms with Gasteiger partial charge in [0.2, 0.25) is 0 Å². The highest BCUT2D eigenvalue weighted by atomic mass is 16.5. The van der Waals surface area contributed by atoms with Crippen LogP contribution < -0.4 is 5.32 Å². The van der Waals surface area contributed by atoms with Crippen LogP contribution in [0.2, 0.25) is 0 Å². The van der Waals surface area contributed by atoms with Gasteiger partial charge in [0.25, 0.3) is 17.6 Å². The molecule has 0 radical (unpaired) electrons. The van der Waals surface area contributed by atoms with Crippen LogP contribution in [0.4, 0.5) is 4.79 Å². The summed E-state index contributed by atoms with van der Waals surface area (Å²) in [5.74, 6) is -1.87. The molecule has 1 N–H and O–H groups in total. The molecule has 1 fully saturated rings. The second kappa shape index (κ2) is 8.30. The number of nitrogens with one attached hydrogen (secondary N) is 1. The van der Waals surface area contributed by atoms with Gasteiger partial charge in [-0.2, -0.15) is 4.90 Å². The van der Waals surface area contributed by atoms with Crippen LogP contribution in [0.5, 0.6) is 0 Å². The van der Waals surface area contributed by atoms with Gasteiger partial charge in [0.1, 0.15) is 13.1 Å². The Morgan fingerprint density at radius 1 is 1.26 bits per heavy atom. The highest BCUT2D eigenvalue weighted by Gasteiger charge is 2.51. The van der Waals surface area contributed by atoms with E-state index in [2.05, 4.69) is 5.32 Å². The second-order valence-electron chi connectivity index (χ2n) is 6.49. The van der Waals surface area contributed by atoms with Crippen molar-refractivity contribution in [1.29, 1.82) is 0 Å². The van der Waals surface area contributed by atoms with Gasteiger partial charge in [-0.1, -0.05) is 0 Å².